The van der Waals surface area contributed by atoms with Crippen LogP contribution in [0.25, 0.3) is 6.08 Å². The van der Waals surface area contributed by atoms with Gasteiger partial charge in [-0.2, -0.15) is 0 Å². The maximum absolute atomic E-state index is 13.3. The third-order valence-corrected chi connectivity index (χ3v) is 10.1. The van der Waals surface area contributed by atoms with Crippen LogP contribution in [-0.4, -0.2) is 127 Å². The summed E-state index contributed by atoms with van der Waals surface area (Å²) >= 11 is 0. The van der Waals surface area contributed by atoms with E-state index in [4.69, 9.17) is 28.4 Å². The molecular formula is C44H54O16. The van der Waals surface area contributed by atoms with Crippen molar-refractivity contribution in [1.29, 1.82) is 0 Å². The number of aromatic hydroxyl groups is 2. The van der Waals surface area contributed by atoms with Crippen LogP contribution in [0.1, 0.15) is 55.7 Å². The van der Waals surface area contributed by atoms with Crippen LogP contribution in [0.5, 0.6) is 11.5 Å². The molecule has 1 spiro atoms. The van der Waals surface area contributed by atoms with E-state index < -0.39 is 97.9 Å². The van der Waals surface area contributed by atoms with Gasteiger partial charge in [0, 0.05) is 18.2 Å². The fourth-order valence-electron chi connectivity index (χ4n) is 7.00. The first-order valence-electron chi connectivity index (χ1n) is 19.8. The van der Waals surface area contributed by atoms with E-state index in [9.17, 15) is 50.4 Å². The van der Waals surface area contributed by atoms with Gasteiger partial charge in [-0.05, 0) is 42.5 Å². The summed E-state index contributed by atoms with van der Waals surface area (Å²) in [6.45, 7) is 0.374. The van der Waals surface area contributed by atoms with Crippen LogP contribution in [0.3, 0.4) is 0 Å². The summed E-state index contributed by atoms with van der Waals surface area (Å²) in [6.07, 6.45) is 3.22. The van der Waals surface area contributed by atoms with Gasteiger partial charge in [0.2, 0.25) is 5.79 Å². The van der Waals surface area contributed by atoms with Gasteiger partial charge >= 0.3 is 11.9 Å². The Hall–Kier alpha value is -4.72. The van der Waals surface area contributed by atoms with E-state index in [1.807, 2.05) is 18.2 Å². The first kappa shape index (κ1) is 46.3. The maximum Gasteiger partial charge on any atom is 0.331 e. The van der Waals surface area contributed by atoms with Gasteiger partial charge in [-0.3, -0.25) is 0 Å². The highest BCUT2D eigenvalue weighted by molar-refractivity contribution is 5.87. The number of carbonyl (C=O) groups is 2. The number of hydrogen-bond acceptors (Lipinski definition) is 16. The predicted molar refractivity (Wildman–Crippen MR) is 213 cm³/mol. The lowest BCUT2D eigenvalue weighted by molar-refractivity contribution is -0.395. The summed E-state index contributed by atoms with van der Waals surface area (Å²) in [5.74, 6) is -4.95. The van der Waals surface area contributed by atoms with Gasteiger partial charge in [-0.15, -0.1) is 0 Å². The highest BCUT2D eigenvalue weighted by atomic mass is 16.8. The molecule has 60 heavy (non-hydrogen) atoms. The Bertz CT molecular complexity index is 1860. The molecule has 0 bridgehead atoms. The number of fused-ring (bicyclic) bond motifs is 2. The Labute approximate surface area is 347 Å². The minimum atomic E-state index is -2.27. The molecule has 2 aromatic carbocycles. The Kier molecular flexibility index (Phi) is 17.2. The molecule has 16 nitrogen and oxygen atoms in total. The molecule has 326 valence electrons. The lowest BCUT2D eigenvalue weighted by Gasteiger charge is -2.50. The van der Waals surface area contributed by atoms with Crippen LogP contribution in [0.4, 0.5) is 0 Å². The Balaban J connectivity index is 1.32. The summed E-state index contributed by atoms with van der Waals surface area (Å²) in [6, 6.07) is 11.1. The normalized spacial score (nSPS) is 29.9. The molecule has 2 aromatic rings. The number of phenols is 2. The summed E-state index contributed by atoms with van der Waals surface area (Å²) in [7, 11) is 0. The number of carbonyl (C=O) groups excluding carboxylic acids is 2. The molecule has 11 atom stereocenters. The van der Waals surface area contributed by atoms with Gasteiger partial charge in [0.25, 0.3) is 0 Å². The molecule has 0 amide bonds. The van der Waals surface area contributed by atoms with E-state index in [0.717, 1.165) is 49.5 Å². The molecule has 16 heteroatoms. The Morgan fingerprint density at radius 1 is 0.900 bits per heavy atom. The molecule has 5 rings (SSSR count). The maximum atomic E-state index is 13.3. The number of benzene rings is 2. The van der Waals surface area contributed by atoms with Crippen molar-refractivity contribution in [1.82, 2.24) is 0 Å². The van der Waals surface area contributed by atoms with Crippen molar-refractivity contribution in [2.75, 3.05) is 13.2 Å². The molecule has 3 aliphatic rings. The number of aliphatic hydroxyl groups excluding tert-OH is 6. The molecule has 2 saturated heterocycles. The van der Waals surface area contributed by atoms with Crippen molar-refractivity contribution in [3.8, 4) is 11.5 Å². The van der Waals surface area contributed by atoms with Crippen molar-refractivity contribution in [3.05, 3.63) is 114 Å². The molecule has 8 N–H and O–H groups in total. The fraction of sp³-hybridized carbons (Fsp3) is 0.455. The lowest BCUT2D eigenvalue weighted by Crippen LogP contribution is -2.67. The van der Waals surface area contributed by atoms with E-state index in [-0.39, 0.29) is 29.9 Å². The van der Waals surface area contributed by atoms with Gasteiger partial charge in [-0.1, -0.05) is 92.6 Å². The van der Waals surface area contributed by atoms with Crippen LogP contribution in [0, 0.1) is 0 Å². The van der Waals surface area contributed by atoms with E-state index in [0.29, 0.717) is 0 Å². The molecule has 3 aliphatic heterocycles. The molecule has 0 saturated carbocycles. The number of hydrogen-bond donors (Lipinski definition) is 8. The minimum Gasteiger partial charge on any atom is -0.508 e. The average molecular weight is 839 g/mol. The van der Waals surface area contributed by atoms with Crippen molar-refractivity contribution >= 4 is 18.0 Å². The molecule has 2 fully saturated rings. The summed E-state index contributed by atoms with van der Waals surface area (Å²) in [5.41, 5.74) is 0.825. The summed E-state index contributed by atoms with van der Waals surface area (Å²) in [5, 5.41) is 86.2. The van der Waals surface area contributed by atoms with Crippen molar-refractivity contribution in [2.24, 2.45) is 0 Å². The highest BCUT2D eigenvalue weighted by Crippen LogP contribution is 2.51. The second-order valence-corrected chi connectivity index (χ2v) is 14.5. The first-order chi connectivity index (χ1) is 28.9. The number of esters is 2. The van der Waals surface area contributed by atoms with Crippen LogP contribution >= 0.6 is 0 Å². The number of rotatable bonds is 18. The zero-order valence-corrected chi connectivity index (χ0v) is 33.1. The third-order valence-electron chi connectivity index (χ3n) is 10.1. The standard InChI is InChI=1S/C44H54O16/c1-2-3-4-5-6-7-12-17-29(46)18-13-9-14-19-35(50)58-41-40(32(24-45)60-44(42(41)54)36-28(25-56-44)22-30(47)23-31(36)48)59-43-39(53)38(52)37(51)33(57-43)26-55-34(49)21-20-27-15-10-8-11-16-27/h6-17,19-23,29,32-33,37-43,45-48,51-54H,2-5,18,24-26H2,1H3/t29-,32+,33+,37-,38-,39+,40+,41-,42+,43-,44-/m0/s1. The van der Waals surface area contributed by atoms with Gasteiger partial charge < -0.3 is 69.3 Å². The predicted octanol–water partition coefficient (Wildman–Crippen LogP) is 2.45. The molecule has 3 heterocycles. The first-order valence-corrected chi connectivity index (χ1v) is 19.8. The molecule has 0 aromatic heterocycles. The van der Waals surface area contributed by atoms with Crippen molar-refractivity contribution in [3.63, 3.8) is 0 Å². The second kappa shape index (κ2) is 22.2. The van der Waals surface area contributed by atoms with Gasteiger partial charge in [-0.25, -0.2) is 9.59 Å². The van der Waals surface area contributed by atoms with Gasteiger partial charge in [0.05, 0.1) is 24.9 Å². The third kappa shape index (κ3) is 11.8. The number of aliphatic hydroxyl groups is 6. The van der Waals surface area contributed by atoms with Crippen LogP contribution in [0.2, 0.25) is 0 Å². The van der Waals surface area contributed by atoms with Gasteiger partial charge in [0.1, 0.15) is 54.7 Å². The molecule has 0 unspecified atom stereocenters. The molecule has 0 radical (unpaired) electrons. The second-order valence-electron chi connectivity index (χ2n) is 14.5. The quantitative estimate of drug-likeness (QED) is 0.0465. The number of allylic oxidation sites excluding steroid dienone is 5. The highest BCUT2D eigenvalue weighted by Gasteiger charge is 2.63. The largest absolute Gasteiger partial charge is 0.508 e. The molecular weight excluding hydrogens is 784 g/mol. The van der Waals surface area contributed by atoms with E-state index >= 15 is 0 Å². The summed E-state index contributed by atoms with van der Waals surface area (Å²) < 4.78 is 34.7. The zero-order chi connectivity index (χ0) is 43.2. The summed E-state index contributed by atoms with van der Waals surface area (Å²) in [4.78, 5) is 25.8. The minimum absolute atomic E-state index is 0.112. The molecule has 0 aliphatic carbocycles. The van der Waals surface area contributed by atoms with E-state index in [2.05, 4.69) is 6.92 Å². The number of unbranched alkanes of at least 4 members (excludes halogenated alkanes) is 3. The smallest absolute Gasteiger partial charge is 0.331 e. The average Bonchev–Trinajstić information content (AvgIpc) is 3.60. The lowest BCUT2D eigenvalue weighted by atomic mass is 9.86. The van der Waals surface area contributed by atoms with E-state index in [1.54, 1.807) is 42.5 Å². The van der Waals surface area contributed by atoms with Crippen molar-refractivity contribution in [2.45, 2.75) is 113 Å². The fourth-order valence-corrected chi connectivity index (χ4v) is 7.00. The topological polar surface area (TPSA) is 251 Å². The van der Waals surface area contributed by atoms with Gasteiger partial charge in [0.15, 0.2) is 18.5 Å². The Morgan fingerprint density at radius 2 is 1.67 bits per heavy atom. The van der Waals surface area contributed by atoms with Crippen LogP contribution < -0.4 is 0 Å². The van der Waals surface area contributed by atoms with Crippen molar-refractivity contribution < 1.29 is 78.9 Å². The van der Waals surface area contributed by atoms with Crippen LogP contribution in [0.15, 0.2) is 97.1 Å². The Morgan fingerprint density at radius 3 is 2.42 bits per heavy atom. The zero-order valence-electron chi connectivity index (χ0n) is 33.1. The van der Waals surface area contributed by atoms with E-state index in [1.165, 1.54) is 24.3 Å². The SMILES string of the molecule is CCCCCC=CC=C[C@H](O)CC=CC=CC(=O)O[C@H]1[C@H](O[C@@H]2O[C@H](COC(=O)C=Cc3ccccc3)[C@H](O)[C@H](O)[C@H]2O)[C@@H](CO)O[C@]2(OCc3cc(O)cc(O)c32)[C@@H]1O. The number of ether oxygens (including phenoxy) is 6. The van der Waals surface area contributed by atoms with Crippen LogP contribution in [-0.2, 0) is 50.4 Å². The number of phenolic OH excluding ortho intramolecular Hbond substituents is 2. The monoisotopic (exact) mass is 838 g/mol.